The molecule has 0 saturated carbocycles. The van der Waals surface area contributed by atoms with Crippen molar-refractivity contribution in [1.29, 1.82) is 0 Å². The molecule has 1 aromatic carbocycles. The molecule has 1 saturated heterocycles. The lowest BCUT2D eigenvalue weighted by molar-refractivity contribution is -0.0820. The van der Waals surface area contributed by atoms with E-state index in [9.17, 15) is 10.2 Å². The number of ether oxygens (including phenoxy) is 2. The Morgan fingerprint density at radius 1 is 1.31 bits per heavy atom. The SMILES string of the molecule is CCCOc1c(CN2CC[C@H](O)[C@@](CO)(CCC)C2)cc(Cl)cc1OC. The fourth-order valence-corrected chi connectivity index (χ4v) is 4.09. The van der Waals surface area contributed by atoms with Gasteiger partial charge in [0.25, 0.3) is 0 Å². The number of halogens is 1. The summed E-state index contributed by atoms with van der Waals surface area (Å²) in [5, 5.41) is 21.1. The van der Waals surface area contributed by atoms with Crippen molar-refractivity contribution < 1.29 is 19.7 Å². The van der Waals surface area contributed by atoms with Crippen LogP contribution < -0.4 is 9.47 Å². The summed E-state index contributed by atoms with van der Waals surface area (Å²) < 4.78 is 11.4. The average Bonchev–Trinajstić information content (AvgIpc) is 2.63. The Morgan fingerprint density at radius 3 is 2.69 bits per heavy atom. The standard InChI is InChI=1S/C20H32ClNO4/c1-4-7-20(14-23)13-22(8-6-18(20)24)12-15-10-16(21)11-17(25-3)19(15)26-9-5-2/h10-11,18,23-24H,4-9,12-14H2,1-3H3/t18-,20-/m0/s1. The maximum atomic E-state index is 10.5. The van der Waals surface area contributed by atoms with Gasteiger partial charge in [0.05, 0.1) is 26.4 Å². The van der Waals surface area contributed by atoms with Gasteiger partial charge in [0.2, 0.25) is 0 Å². The second-order valence-corrected chi connectivity index (χ2v) is 7.67. The summed E-state index contributed by atoms with van der Waals surface area (Å²) in [7, 11) is 1.61. The highest BCUT2D eigenvalue weighted by Gasteiger charge is 2.41. The summed E-state index contributed by atoms with van der Waals surface area (Å²) in [6.07, 6.45) is 2.84. The van der Waals surface area contributed by atoms with Crippen molar-refractivity contribution >= 4 is 11.6 Å². The van der Waals surface area contributed by atoms with Crippen molar-refractivity contribution in [2.24, 2.45) is 5.41 Å². The van der Waals surface area contributed by atoms with Crippen LogP contribution in [0.1, 0.15) is 45.1 Å². The van der Waals surface area contributed by atoms with Crippen molar-refractivity contribution in [3.8, 4) is 11.5 Å². The lowest BCUT2D eigenvalue weighted by Gasteiger charge is -2.45. The van der Waals surface area contributed by atoms with Crippen LogP contribution in [0.2, 0.25) is 5.02 Å². The molecule has 148 valence electrons. The first-order chi connectivity index (χ1) is 12.5. The number of hydrogen-bond donors (Lipinski definition) is 2. The molecule has 2 rings (SSSR count). The molecule has 26 heavy (non-hydrogen) atoms. The van der Waals surface area contributed by atoms with Crippen LogP contribution in [-0.4, -0.2) is 54.6 Å². The second kappa shape index (κ2) is 9.79. The van der Waals surface area contributed by atoms with Crippen LogP contribution in [0.15, 0.2) is 12.1 Å². The molecule has 0 spiro atoms. The van der Waals surface area contributed by atoms with E-state index in [1.807, 2.05) is 6.07 Å². The van der Waals surface area contributed by atoms with Crippen LogP contribution in [0.3, 0.4) is 0 Å². The number of likely N-dealkylation sites (tertiary alicyclic amines) is 1. The zero-order chi connectivity index (χ0) is 19.2. The molecule has 0 amide bonds. The minimum Gasteiger partial charge on any atom is -0.493 e. The third kappa shape index (κ3) is 4.83. The molecule has 2 atom stereocenters. The number of nitrogens with zero attached hydrogens (tertiary/aromatic N) is 1. The van der Waals surface area contributed by atoms with E-state index >= 15 is 0 Å². The van der Waals surface area contributed by atoms with E-state index in [0.717, 1.165) is 37.1 Å². The molecular formula is C20H32ClNO4. The number of methoxy groups -OCH3 is 1. The van der Waals surface area contributed by atoms with E-state index in [4.69, 9.17) is 21.1 Å². The Kier molecular flexibility index (Phi) is 8.02. The van der Waals surface area contributed by atoms with E-state index in [2.05, 4.69) is 18.7 Å². The molecule has 2 N–H and O–H groups in total. The molecule has 1 fully saturated rings. The molecule has 1 heterocycles. The van der Waals surface area contributed by atoms with Crippen molar-refractivity contribution in [1.82, 2.24) is 4.90 Å². The summed E-state index contributed by atoms with van der Waals surface area (Å²) in [6.45, 7) is 6.83. The van der Waals surface area contributed by atoms with Crippen molar-refractivity contribution in [3.63, 3.8) is 0 Å². The van der Waals surface area contributed by atoms with Crippen LogP contribution in [0.5, 0.6) is 11.5 Å². The van der Waals surface area contributed by atoms with Crippen molar-refractivity contribution in [2.45, 2.75) is 52.2 Å². The predicted octanol–water partition coefficient (Wildman–Crippen LogP) is 3.48. The van der Waals surface area contributed by atoms with Gasteiger partial charge < -0.3 is 19.7 Å². The second-order valence-electron chi connectivity index (χ2n) is 7.23. The normalized spacial score (nSPS) is 23.8. The third-order valence-electron chi connectivity index (χ3n) is 5.19. The molecule has 0 radical (unpaired) electrons. The monoisotopic (exact) mass is 385 g/mol. The van der Waals surface area contributed by atoms with Gasteiger partial charge in [-0.1, -0.05) is 31.9 Å². The topological polar surface area (TPSA) is 62.2 Å². The molecule has 0 aliphatic carbocycles. The Hall–Kier alpha value is -1.01. The first kappa shape index (κ1) is 21.3. The minimum absolute atomic E-state index is 0.00341. The molecule has 0 aromatic heterocycles. The van der Waals surface area contributed by atoms with E-state index in [1.54, 1.807) is 13.2 Å². The quantitative estimate of drug-likeness (QED) is 0.681. The number of benzene rings is 1. The van der Waals surface area contributed by atoms with E-state index in [-0.39, 0.29) is 6.61 Å². The van der Waals surface area contributed by atoms with Gasteiger partial charge in [0, 0.05) is 41.7 Å². The maximum Gasteiger partial charge on any atom is 0.165 e. The average molecular weight is 386 g/mol. The van der Waals surface area contributed by atoms with Gasteiger partial charge in [-0.05, 0) is 25.3 Å². The van der Waals surface area contributed by atoms with Crippen LogP contribution >= 0.6 is 11.6 Å². The summed E-state index contributed by atoms with van der Waals surface area (Å²) in [4.78, 5) is 2.27. The Labute approximate surface area is 161 Å². The largest absolute Gasteiger partial charge is 0.493 e. The Bertz CT molecular complexity index is 583. The molecule has 0 bridgehead atoms. The van der Waals surface area contributed by atoms with Crippen LogP contribution in [0, 0.1) is 5.41 Å². The summed E-state index contributed by atoms with van der Waals surface area (Å²) in [5.74, 6) is 1.37. The number of hydrogen-bond acceptors (Lipinski definition) is 5. The zero-order valence-electron chi connectivity index (χ0n) is 16.1. The summed E-state index contributed by atoms with van der Waals surface area (Å²) in [5.41, 5.74) is 0.516. The minimum atomic E-state index is -0.464. The third-order valence-corrected chi connectivity index (χ3v) is 5.41. The fourth-order valence-electron chi connectivity index (χ4n) is 3.85. The van der Waals surface area contributed by atoms with E-state index in [1.165, 1.54) is 0 Å². The van der Waals surface area contributed by atoms with Gasteiger partial charge in [-0.2, -0.15) is 0 Å². The number of rotatable bonds is 9. The van der Waals surface area contributed by atoms with E-state index in [0.29, 0.717) is 36.9 Å². The van der Waals surface area contributed by atoms with Gasteiger partial charge in [-0.15, -0.1) is 0 Å². The predicted molar refractivity (Wildman–Crippen MR) is 104 cm³/mol. The number of piperidine rings is 1. The zero-order valence-corrected chi connectivity index (χ0v) is 16.9. The number of aliphatic hydroxyl groups excluding tert-OH is 2. The lowest BCUT2D eigenvalue weighted by atomic mass is 9.74. The number of aliphatic hydroxyl groups is 2. The highest BCUT2D eigenvalue weighted by Crippen LogP contribution is 2.39. The summed E-state index contributed by atoms with van der Waals surface area (Å²) in [6, 6.07) is 3.69. The molecule has 5 nitrogen and oxygen atoms in total. The molecule has 1 aliphatic rings. The molecule has 0 unspecified atom stereocenters. The van der Waals surface area contributed by atoms with Gasteiger partial charge in [0.1, 0.15) is 0 Å². The van der Waals surface area contributed by atoms with Crippen LogP contribution in [0.25, 0.3) is 0 Å². The molecule has 1 aliphatic heterocycles. The van der Waals surface area contributed by atoms with Crippen LogP contribution in [0.4, 0.5) is 0 Å². The lowest BCUT2D eigenvalue weighted by Crippen LogP contribution is -2.53. The highest BCUT2D eigenvalue weighted by atomic mass is 35.5. The molecular weight excluding hydrogens is 354 g/mol. The van der Waals surface area contributed by atoms with Crippen molar-refractivity contribution in [2.75, 3.05) is 33.4 Å². The van der Waals surface area contributed by atoms with Crippen LogP contribution in [-0.2, 0) is 6.54 Å². The first-order valence-corrected chi connectivity index (χ1v) is 9.88. The molecule has 6 heteroatoms. The Balaban J connectivity index is 2.25. The van der Waals surface area contributed by atoms with E-state index < -0.39 is 11.5 Å². The fraction of sp³-hybridized carbons (Fsp3) is 0.700. The van der Waals surface area contributed by atoms with Gasteiger partial charge in [0.15, 0.2) is 11.5 Å². The first-order valence-electron chi connectivity index (χ1n) is 9.50. The van der Waals surface area contributed by atoms with Gasteiger partial charge in [-0.3, -0.25) is 4.90 Å². The smallest absolute Gasteiger partial charge is 0.165 e. The van der Waals surface area contributed by atoms with Gasteiger partial charge in [-0.25, -0.2) is 0 Å². The Morgan fingerprint density at radius 2 is 2.08 bits per heavy atom. The van der Waals surface area contributed by atoms with Gasteiger partial charge >= 0.3 is 0 Å². The highest BCUT2D eigenvalue weighted by molar-refractivity contribution is 6.30. The summed E-state index contributed by atoms with van der Waals surface area (Å²) >= 11 is 6.27. The molecule has 1 aromatic rings. The maximum absolute atomic E-state index is 10.5. The van der Waals surface area contributed by atoms with Crippen molar-refractivity contribution in [3.05, 3.63) is 22.7 Å².